The molecule has 2 aromatic heterocycles. The van der Waals surface area contributed by atoms with Gasteiger partial charge in [0.05, 0.1) is 4.88 Å². The first-order valence-electron chi connectivity index (χ1n) is 6.23. The first-order chi connectivity index (χ1) is 9.58. The van der Waals surface area contributed by atoms with Gasteiger partial charge in [0, 0.05) is 29.6 Å². The van der Waals surface area contributed by atoms with Crippen LogP contribution in [0.25, 0.3) is 11.6 Å². The average molecular weight is 303 g/mol. The van der Waals surface area contributed by atoms with Gasteiger partial charge in [0.25, 0.3) is 0 Å². The van der Waals surface area contributed by atoms with Crippen molar-refractivity contribution in [3.05, 3.63) is 32.7 Å². The van der Waals surface area contributed by atoms with Gasteiger partial charge in [0.15, 0.2) is 9.77 Å². The van der Waals surface area contributed by atoms with Gasteiger partial charge < -0.3 is 5.11 Å². The van der Waals surface area contributed by atoms with Gasteiger partial charge in [-0.2, -0.15) is 0 Å². The zero-order chi connectivity index (χ0) is 14.3. The fourth-order valence-corrected chi connectivity index (χ4v) is 3.65. The van der Waals surface area contributed by atoms with E-state index < -0.39 is 0 Å². The second-order valence-electron chi connectivity index (χ2n) is 4.75. The van der Waals surface area contributed by atoms with Crippen LogP contribution in [0.15, 0.2) is 23.3 Å². The van der Waals surface area contributed by atoms with Crippen molar-refractivity contribution in [1.82, 2.24) is 9.55 Å². The number of nitrogens with zero attached hydrogens (tertiary/aromatic N) is 3. The van der Waals surface area contributed by atoms with Gasteiger partial charge in [-0.05, 0) is 44.3 Å². The maximum atomic E-state index is 10.3. The molecular formula is C14H13N3OS2. The lowest BCUT2D eigenvalue weighted by Gasteiger charge is -2.07. The summed E-state index contributed by atoms with van der Waals surface area (Å²) >= 11 is 6.70. The highest BCUT2D eigenvalue weighted by atomic mass is 32.1. The van der Waals surface area contributed by atoms with Crippen molar-refractivity contribution >= 4 is 47.2 Å². The quantitative estimate of drug-likeness (QED) is 0.845. The number of hydrogen-bond acceptors (Lipinski definition) is 5. The number of pyridine rings is 1. The molecule has 3 heterocycles. The minimum absolute atomic E-state index is 0.136. The van der Waals surface area contributed by atoms with E-state index in [0.29, 0.717) is 9.77 Å². The van der Waals surface area contributed by atoms with E-state index in [1.165, 1.54) is 11.3 Å². The summed E-state index contributed by atoms with van der Waals surface area (Å²) in [5.41, 5.74) is 1.91. The summed E-state index contributed by atoms with van der Waals surface area (Å²) in [6, 6.07) is 3.98. The highest BCUT2D eigenvalue weighted by Gasteiger charge is 2.16. The van der Waals surface area contributed by atoms with Crippen LogP contribution in [-0.2, 0) is 0 Å². The van der Waals surface area contributed by atoms with Gasteiger partial charge >= 0.3 is 0 Å². The van der Waals surface area contributed by atoms with E-state index in [1.807, 2.05) is 32.1 Å². The van der Waals surface area contributed by atoms with Crippen molar-refractivity contribution in [2.75, 3.05) is 0 Å². The predicted octanol–water partition coefficient (Wildman–Crippen LogP) is 4.22. The zero-order valence-corrected chi connectivity index (χ0v) is 12.7. The zero-order valence-electron chi connectivity index (χ0n) is 11.1. The summed E-state index contributed by atoms with van der Waals surface area (Å²) in [6.07, 6.45) is 5.39. The summed E-state index contributed by atoms with van der Waals surface area (Å²) < 4.78 is 2.42. The van der Waals surface area contributed by atoms with E-state index >= 15 is 0 Å². The molecule has 1 aliphatic rings. The SMILES string of the molecule is CC(C)n1c(O)c(/C=C2\C=Nc3ncccc32)sc1=S. The molecule has 0 radical (unpaired) electrons. The molecule has 20 heavy (non-hydrogen) atoms. The van der Waals surface area contributed by atoms with Crippen molar-refractivity contribution in [3.63, 3.8) is 0 Å². The van der Waals surface area contributed by atoms with Gasteiger partial charge in [-0.25, -0.2) is 9.98 Å². The normalized spacial score (nSPS) is 15.2. The Labute approximate surface area is 125 Å². The Hall–Kier alpha value is -1.79. The molecule has 0 spiro atoms. The van der Waals surface area contributed by atoms with Crippen LogP contribution in [0.2, 0.25) is 0 Å². The third-order valence-electron chi connectivity index (χ3n) is 3.07. The summed E-state index contributed by atoms with van der Waals surface area (Å²) in [4.78, 5) is 9.21. The number of fused-ring (bicyclic) bond motifs is 1. The van der Waals surface area contributed by atoms with Gasteiger partial charge in [-0.3, -0.25) is 4.57 Å². The number of aromatic hydroxyl groups is 1. The van der Waals surface area contributed by atoms with Gasteiger partial charge in [-0.15, -0.1) is 11.3 Å². The number of aliphatic imine (C=N–C) groups is 1. The molecule has 0 fully saturated rings. The number of thiazole rings is 1. The molecular weight excluding hydrogens is 290 g/mol. The Balaban J connectivity index is 2.10. The second kappa shape index (κ2) is 4.96. The summed E-state index contributed by atoms with van der Waals surface area (Å²) in [6.45, 7) is 3.99. The Morgan fingerprint density at radius 3 is 2.95 bits per heavy atom. The second-order valence-corrected chi connectivity index (χ2v) is 6.43. The highest BCUT2D eigenvalue weighted by molar-refractivity contribution is 7.73. The Kier molecular flexibility index (Phi) is 3.27. The van der Waals surface area contributed by atoms with Crippen molar-refractivity contribution in [3.8, 4) is 5.88 Å². The summed E-state index contributed by atoms with van der Waals surface area (Å²) in [7, 11) is 0. The fourth-order valence-electron chi connectivity index (χ4n) is 2.13. The molecule has 0 aromatic carbocycles. The lowest BCUT2D eigenvalue weighted by atomic mass is 10.1. The smallest absolute Gasteiger partial charge is 0.210 e. The van der Waals surface area contributed by atoms with Crippen LogP contribution in [0.5, 0.6) is 5.88 Å². The van der Waals surface area contributed by atoms with E-state index in [4.69, 9.17) is 12.2 Å². The molecule has 1 aliphatic heterocycles. The summed E-state index contributed by atoms with van der Waals surface area (Å²) in [5, 5.41) is 10.3. The number of aromatic nitrogens is 2. The molecule has 3 rings (SSSR count). The molecule has 1 N–H and O–H groups in total. The van der Waals surface area contributed by atoms with Gasteiger partial charge in [-0.1, -0.05) is 0 Å². The van der Waals surface area contributed by atoms with E-state index in [1.54, 1.807) is 17.0 Å². The molecule has 0 bridgehead atoms. The van der Waals surface area contributed by atoms with Crippen molar-refractivity contribution in [2.24, 2.45) is 4.99 Å². The molecule has 0 atom stereocenters. The Bertz CT molecular complexity index is 784. The average Bonchev–Trinajstić information content (AvgIpc) is 2.93. The molecule has 6 heteroatoms. The lowest BCUT2D eigenvalue weighted by molar-refractivity contribution is 0.397. The van der Waals surface area contributed by atoms with Crippen LogP contribution in [0, 0.1) is 3.95 Å². The molecule has 0 unspecified atom stereocenters. The maximum Gasteiger partial charge on any atom is 0.210 e. The molecule has 2 aromatic rings. The largest absolute Gasteiger partial charge is 0.493 e. The predicted molar refractivity (Wildman–Crippen MR) is 85.5 cm³/mol. The van der Waals surface area contributed by atoms with Crippen molar-refractivity contribution in [2.45, 2.75) is 19.9 Å². The summed E-state index contributed by atoms with van der Waals surface area (Å²) in [5.74, 6) is 0.929. The Morgan fingerprint density at radius 1 is 1.45 bits per heavy atom. The van der Waals surface area contributed by atoms with E-state index in [2.05, 4.69) is 9.98 Å². The van der Waals surface area contributed by atoms with Crippen LogP contribution >= 0.6 is 23.6 Å². The molecule has 0 saturated carbocycles. The molecule has 4 nitrogen and oxygen atoms in total. The maximum absolute atomic E-state index is 10.3. The minimum atomic E-state index is 0.136. The van der Waals surface area contributed by atoms with E-state index in [0.717, 1.165) is 16.0 Å². The standard InChI is InChI=1S/C14H13N3OS2/c1-8(2)17-13(18)11(20-14(17)19)6-9-7-16-12-10(9)4-3-5-15-12/h3-8,18H,1-2H3/b9-6+. The number of rotatable bonds is 2. The molecule has 102 valence electrons. The lowest BCUT2D eigenvalue weighted by Crippen LogP contribution is -1.99. The van der Waals surface area contributed by atoms with E-state index in [9.17, 15) is 5.11 Å². The number of hydrogen-bond donors (Lipinski definition) is 1. The van der Waals surface area contributed by atoms with Crippen LogP contribution < -0.4 is 0 Å². The monoisotopic (exact) mass is 303 g/mol. The topological polar surface area (TPSA) is 50.4 Å². The third kappa shape index (κ3) is 2.10. The number of allylic oxidation sites excluding steroid dienone is 1. The molecule has 0 aliphatic carbocycles. The molecule has 0 amide bonds. The van der Waals surface area contributed by atoms with Crippen LogP contribution in [0.1, 0.15) is 30.3 Å². The first-order valence-corrected chi connectivity index (χ1v) is 7.46. The van der Waals surface area contributed by atoms with Crippen LogP contribution in [-0.4, -0.2) is 20.9 Å². The Morgan fingerprint density at radius 2 is 2.25 bits per heavy atom. The minimum Gasteiger partial charge on any atom is -0.493 e. The highest BCUT2D eigenvalue weighted by Crippen LogP contribution is 2.35. The van der Waals surface area contributed by atoms with Crippen LogP contribution in [0.3, 0.4) is 0 Å². The van der Waals surface area contributed by atoms with Crippen molar-refractivity contribution in [1.29, 1.82) is 0 Å². The van der Waals surface area contributed by atoms with E-state index in [-0.39, 0.29) is 11.9 Å². The fraction of sp³-hybridized carbons (Fsp3) is 0.214. The first kappa shape index (κ1) is 13.2. The van der Waals surface area contributed by atoms with Gasteiger partial charge in [0.2, 0.25) is 5.88 Å². The van der Waals surface area contributed by atoms with Crippen LogP contribution in [0.4, 0.5) is 5.82 Å². The van der Waals surface area contributed by atoms with Gasteiger partial charge in [0.1, 0.15) is 0 Å². The third-order valence-corrected chi connectivity index (χ3v) is 4.41. The molecule has 0 saturated heterocycles. The van der Waals surface area contributed by atoms with Crippen molar-refractivity contribution < 1.29 is 5.11 Å².